The average molecular weight is 258 g/mol. The van der Waals surface area contributed by atoms with E-state index < -0.39 is 5.97 Å². The number of hydrogen-bond acceptors (Lipinski definition) is 3. The lowest BCUT2D eigenvalue weighted by Gasteiger charge is -2.12. The first kappa shape index (κ1) is 16.4. The van der Waals surface area contributed by atoms with E-state index in [1.165, 1.54) is 0 Å². The predicted octanol–water partition coefficient (Wildman–Crippen LogP) is 0.662. The maximum absolute atomic E-state index is 11.4. The lowest BCUT2D eigenvalue weighted by molar-refractivity contribution is -0.137. The summed E-state index contributed by atoms with van der Waals surface area (Å²) in [5.74, 6) is -1.06. The third kappa shape index (κ3) is 9.62. The summed E-state index contributed by atoms with van der Waals surface area (Å²) in [4.78, 5) is 32.9. The van der Waals surface area contributed by atoms with Gasteiger partial charge in [-0.2, -0.15) is 0 Å². The van der Waals surface area contributed by atoms with Crippen molar-refractivity contribution in [3.05, 3.63) is 0 Å². The van der Waals surface area contributed by atoms with E-state index in [4.69, 9.17) is 5.11 Å². The summed E-state index contributed by atoms with van der Waals surface area (Å²) in [7, 11) is 0. The van der Waals surface area contributed by atoms with Crippen LogP contribution in [0.2, 0.25) is 0 Å². The fourth-order valence-electron chi connectivity index (χ4n) is 1.45. The van der Waals surface area contributed by atoms with Crippen LogP contribution >= 0.6 is 0 Å². The second-order valence-corrected chi connectivity index (χ2v) is 4.21. The minimum Gasteiger partial charge on any atom is -0.481 e. The molecule has 0 heterocycles. The average Bonchev–Trinajstić information content (AvgIpc) is 2.26. The molecule has 6 nitrogen and oxygen atoms in total. The van der Waals surface area contributed by atoms with Gasteiger partial charge in [0.15, 0.2) is 0 Å². The molecule has 0 bridgehead atoms. The van der Waals surface area contributed by atoms with Gasteiger partial charge < -0.3 is 15.7 Å². The van der Waals surface area contributed by atoms with Gasteiger partial charge in [-0.25, -0.2) is 0 Å². The van der Waals surface area contributed by atoms with Crippen LogP contribution in [0.1, 0.15) is 46.0 Å². The Morgan fingerprint density at radius 1 is 1.11 bits per heavy atom. The van der Waals surface area contributed by atoms with Gasteiger partial charge in [-0.3, -0.25) is 14.4 Å². The van der Waals surface area contributed by atoms with E-state index in [0.717, 1.165) is 0 Å². The van der Waals surface area contributed by atoms with Crippen molar-refractivity contribution in [1.82, 2.24) is 10.6 Å². The Hall–Kier alpha value is -1.59. The number of nitrogens with one attached hydrogen (secondary N) is 2. The van der Waals surface area contributed by atoms with Crippen LogP contribution in [0.3, 0.4) is 0 Å². The molecule has 0 aromatic heterocycles. The Morgan fingerprint density at radius 3 is 2.28 bits per heavy atom. The predicted molar refractivity (Wildman–Crippen MR) is 67.0 cm³/mol. The molecule has 0 fully saturated rings. The molecule has 0 saturated heterocycles. The lowest BCUT2D eigenvalue weighted by atomic mass is 10.1. The van der Waals surface area contributed by atoms with Crippen molar-refractivity contribution < 1.29 is 19.5 Å². The maximum Gasteiger partial charge on any atom is 0.303 e. The van der Waals surface area contributed by atoms with Gasteiger partial charge in [0.05, 0.1) is 0 Å². The third-order valence-corrected chi connectivity index (χ3v) is 2.38. The smallest absolute Gasteiger partial charge is 0.303 e. The molecule has 0 aromatic carbocycles. The van der Waals surface area contributed by atoms with Gasteiger partial charge in [-0.1, -0.05) is 0 Å². The van der Waals surface area contributed by atoms with E-state index in [2.05, 4.69) is 10.6 Å². The molecule has 0 radical (unpaired) electrons. The number of carbonyl (C=O) groups is 3. The number of aliphatic carboxylic acids is 1. The molecule has 1 unspecified atom stereocenters. The van der Waals surface area contributed by atoms with E-state index in [1.54, 1.807) is 6.92 Å². The molecule has 18 heavy (non-hydrogen) atoms. The van der Waals surface area contributed by atoms with Crippen LogP contribution in [0.4, 0.5) is 0 Å². The minimum absolute atomic E-state index is 0.0420. The molecule has 0 aliphatic heterocycles. The molecule has 0 aliphatic carbocycles. The van der Waals surface area contributed by atoms with Gasteiger partial charge in [0.25, 0.3) is 0 Å². The van der Waals surface area contributed by atoms with Crippen LogP contribution < -0.4 is 10.6 Å². The zero-order valence-corrected chi connectivity index (χ0v) is 11.0. The number of amides is 2. The normalized spacial score (nSPS) is 11.7. The standard InChI is InChI=1S/C12H22N2O4/c1-3-13-10(15)5-4-6-11(16)14-9(2)7-8-12(17)18/h9H,3-8H2,1-2H3,(H,13,15)(H,14,16)(H,17,18). The highest BCUT2D eigenvalue weighted by Crippen LogP contribution is 2.00. The highest BCUT2D eigenvalue weighted by molar-refractivity contribution is 5.79. The monoisotopic (exact) mass is 258 g/mol. The maximum atomic E-state index is 11.4. The summed E-state index contributed by atoms with van der Waals surface area (Å²) in [6.07, 6.45) is 1.58. The molecule has 0 rings (SSSR count). The summed E-state index contributed by atoms with van der Waals surface area (Å²) >= 11 is 0. The largest absolute Gasteiger partial charge is 0.481 e. The highest BCUT2D eigenvalue weighted by atomic mass is 16.4. The first-order valence-corrected chi connectivity index (χ1v) is 6.23. The summed E-state index contributed by atoms with van der Waals surface area (Å²) < 4.78 is 0. The molecule has 0 saturated carbocycles. The molecular formula is C12H22N2O4. The molecule has 0 aliphatic rings. The Bertz CT molecular complexity index is 292. The number of hydrogen-bond donors (Lipinski definition) is 3. The molecule has 6 heteroatoms. The van der Waals surface area contributed by atoms with E-state index in [-0.39, 0.29) is 30.7 Å². The zero-order chi connectivity index (χ0) is 14.0. The highest BCUT2D eigenvalue weighted by Gasteiger charge is 2.09. The van der Waals surface area contributed by atoms with Crippen LogP contribution in [0.25, 0.3) is 0 Å². The number of carbonyl (C=O) groups excluding carboxylic acids is 2. The SMILES string of the molecule is CCNC(=O)CCCC(=O)NC(C)CCC(=O)O. The van der Waals surface area contributed by atoms with Crippen LogP contribution in [0.15, 0.2) is 0 Å². The van der Waals surface area contributed by atoms with Crippen molar-refractivity contribution in [2.24, 2.45) is 0 Å². The van der Waals surface area contributed by atoms with Crippen molar-refractivity contribution in [3.8, 4) is 0 Å². The summed E-state index contributed by atoms with van der Waals surface area (Å²) in [5.41, 5.74) is 0. The third-order valence-electron chi connectivity index (χ3n) is 2.38. The Kier molecular flexibility index (Phi) is 8.61. The number of carboxylic acids is 1. The molecular weight excluding hydrogens is 236 g/mol. The van der Waals surface area contributed by atoms with Crippen molar-refractivity contribution in [2.45, 2.75) is 52.0 Å². The fourth-order valence-corrected chi connectivity index (χ4v) is 1.45. The summed E-state index contributed by atoms with van der Waals surface area (Å²) in [6.45, 7) is 4.20. The van der Waals surface area contributed by atoms with Crippen molar-refractivity contribution in [1.29, 1.82) is 0 Å². The lowest BCUT2D eigenvalue weighted by Crippen LogP contribution is -2.33. The second-order valence-electron chi connectivity index (χ2n) is 4.21. The van der Waals surface area contributed by atoms with Crippen molar-refractivity contribution in [3.63, 3.8) is 0 Å². The van der Waals surface area contributed by atoms with Crippen molar-refractivity contribution >= 4 is 17.8 Å². The van der Waals surface area contributed by atoms with E-state index in [9.17, 15) is 14.4 Å². The zero-order valence-electron chi connectivity index (χ0n) is 11.0. The van der Waals surface area contributed by atoms with Crippen LogP contribution in [0, 0.1) is 0 Å². The number of rotatable bonds is 9. The van der Waals surface area contributed by atoms with Gasteiger partial charge >= 0.3 is 5.97 Å². The Balaban J connectivity index is 3.64. The minimum atomic E-state index is -0.868. The fraction of sp³-hybridized carbons (Fsp3) is 0.750. The molecule has 104 valence electrons. The van der Waals surface area contributed by atoms with Gasteiger partial charge in [0.2, 0.25) is 11.8 Å². The number of carboxylic acid groups (broad SMARTS) is 1. The van der Waals surface area contributed by atoms with E-state index >= 15 is 0 Å². The van der Waals surface area contributed by atoms with Crippen LogP contribution in [-0.2, 0) is 14.4 Å². The Labute approximate surface area is 107 Å². The molecule has 2 amide bonds. The molecule has 3 N–H and O–H groups in total. The van der Waals surface area contributed by atoms with Gasteiger partial charge in [-0.05, 0) is 26.7 Å². The molecule has 0 aromatic rings. The first-order valence-electron chi connectivity index (χ1n) is 6.23. The summed E-state index contributed by atoms with van der Waals surface area (Å²) in [5, 5.41) is 13.9. The van der Waals surface area contributed by atoms with Crippen LogP contribution in [-0.4, -0.2) is 35.5 Å². The van der Waals surface area contributed by atoms with Gasteiger partial charge in [0, 0.05) is 31.8 Å². The van der Waals surface area contributed by atoms with E-state index in [0.29, 0.717) is 25.8 Å². The van der Waals surface area contributed by atoms with Crippen molar-refractivity contribution in [2.75, 3.05) is 6.54 Å². The quantitative estimate of drug-likeness (QED) is 0.566. The van der Waals surface area contributed by atoms with Gasteiger partial charge in [-0.15, -0.1) is 0 Å². The Morgan fingerprint density at radius 2 is 1.72 bits per heavy atom. The van der Waals surface area contributed by atoms with Gasteiger partial charge in [0.1, 0.15) is 0 Å². The first-order chi connectivity index (χ1) is 8.45. The summed E-state index contributed by atoms with van der Waals surface area (Å²) in [6, 6.07) is -0.155. The van der Waals surface area contributed by atoms with E-state index in [1.807, 2.05) is 6.92 Å². The topological polar surface area (TPSA) is 95.5 Å². The van der Waals surface area contributed by atoms with Crippen LogP contribution in [0.5, 0.6) is 0 Å². The second kappa shape index (κ2) is 9.44. The molecule has 0 spiro atoms. The molecule has 1 atom stereocenters.